The van der Waals surface area contributed by atoms with Crippen molar-refractivity contribution in [2.45, 2.75) is 26.6 Å². The summed E-state index contributed by atoms with van der Waals surface area (Å²) in [5, 5.41) is 10.2. The van der Waals surface area contributed by atoms with E-state index >= 15 is 0 Å². The lowest BCUT2D eigenvalue weighted by molar-refractivity contribution is 0.259. The van der Waals surface area contributed by atoms with E-state index in [1.54, 1.807) is 12.1 Å². The van der Waals surface area contributed by atoms with Gasteiger partial charge >= 0.3 is 0 Å². The Balaban J connectivity index is 2.13. The predicted octanol–water partition coefficient (Wildman–Crippen LogP) is 4.63. The van der Waals surface area contributed by atoms with E-state index in [0.29, 0.717) is 28.0 Å². The van der Waals surface area contributed by atoms with Crippen LogP contribution in [0.25, 0.3) is 0 Å². The molecule has 20 heavy (non-hydrogen) atoms. The molecule has 0 radical (unpaired) electrons. The van der Waals surface area contributed by atoms with Crippen LogP contribution in [-0.4, -0.2) is 5.11 Å². The lowest BCUT2D eigenvalue weighted by atomic mass is 10.1. The van der Waals surface area contributed by atoms with Crippen molar-refractivity contribution in [1.29, 1.82) is 0 Å². The predicted molar refractivity (Wildman–Crippen MR) is 82.5 cm³/mol. The van der Waals surface area contributed by atoms with E-state index in [2.05, 4.69) is 19.1 Å². The fourth-order valence-corrected chi connectivity index (χ4v) is 2.51. The van der Waals surface area contributed by atoms with Crippen LogP contribution in [-0.2, 0) is 19.6 Å². The Morgan fingerprint density at radius 3 is 2.30 bits per heavy atom. The average molecular weight is 311 g/mol. The van der Waals surface area contributed by atoms with Gasteiger partial charge in [-0.1, -0.05) is 54.4 Å². The normalized spacial score (nSPS) is 10.6. The van der Waals surface area contributed by atoms with Gasteiger partial charge in [0.1, 0.15) is 12.4 Å². The molecule has 4 heteroatoms. The molecule has 0 spiro atoms. The van der Waals surface area contributed by atoms with E-state index in [1.165, 1.54) is 5.56 Å². The fraction of sp³-hybridized carbons (Fsp3) is 0.250. The summed E-state index contributed by atoms with van der Waals surface area (Å²) in [6.07, 6.45) is 1.01. The minimum atomic E-state index is -0.162. The number of halogens is 2. The molecule has 2 aromatic carbocycles. The largest absolute Gasteiger partial charge is 0.487 e. The Morgan fingerprint density at radius 1 is 1.05 bits per heavy atom. The zero-order valence-corrected chi connectivity index (χ0v) is 12.7. The Bertz CT molecular complexity index is 580. The van der Waals surface area contributed by atoms with E-state index in [0.717, 1.165) is 12.0 Å². The van der Waals surface area contributed by atoms with Gasteiger partial charge in [-0.3, -0.25) is 0 Å². The highest BCUT2D eigenvalue weighted by molar-refractivity contribution is 6.35. The molecular formula is C16H16Cl2O2. The lowest BCUT2D eigenvalue weighted by Gasteiger charge is -2.13. The molecule has 0 heterocycles. The average Bonchev–Trinajstić information content (AvgIpc) is 2.46. The summed E-state index contributed by atoms with van der Waals surface area (Å²) in [6.45, 7) is 2.36. The molecule has 2 rings (SSSR count). The second kappa shape index (κ2) is 6.98. The summed E-state index contributed by atoms with van der Waals surface area (Å²) >= 11 is 12.0. The molecule has 106 valence electrons. The van der Waals surface area contributed by atoms with Gasteiger partial charge in [0.2, 0.25) is 0 Å². The molecule has 0 saturated carbocycles. The van der Waals surface area contributed by atoms with Crippen molar-refractivity contribution in [3.8, 4) is 5.75 Å². The molecule has 0 saturated heterocycles. The van der Waals surface area contributed by atoms with Crippen LogP contribution in [0.3, 0.4) is 0 Å². The molecule has 0 aliphatic heterocycles. The third-order valence-electron chi connectivity index (χ3n) is 3.07. The summed E-state index contributed by atoms with van der Waals surface area (Å²) in [6, 6.07) is 11.5. The van der Waals surface area contributed by atoms with E-state index in [9.17, 15) is 5.11 Å². The summed E-state index contributed by atoms with van der Waals surface area (Å²) in [7, 11) is 0. The molecule has 1 N–H and O–H groups in total. The van der Waals surface area contributed by atoms with Crippen molar-refractivity contribution in [3.05, 3.63) is 63.1 Å². The van der Waals surface area contributed by atoms with Crippen LogP contribution >= 0.6 is 23.2 Å². The molecule has 0 atom stereocenters. The Hall–Kier alpha value is -1.22. The van der Waals surface area contributed by atoms with Crippen LogP contribution in [0.1, 0.15) is 23.6 Å². The van der Waals surface area contributed by atoms with Crippen LogP contribution in [0.5, 0.6) is 5.75 Å². The van der Waals surface area contributed by atoms with Gasteiger partial charge in [-0.2, -0.15) is 0 Å². The van der Waals surface area contributed by atoms with Crippen LogP contribution in [0.4, 0.5) is 0 Å². The smallest absolute Gasteiger partial charge is 0.144 e. The summed E-state index contributed by atoms with van der Waals surface area (Å²) in [5.74, 6) is 0.484. The van der Waals surface area contributed by atoms with Gasteiger partial charge in [-0.15, -0.1) is 0 Å². The van der Waals surface area contributed by atoms with E-state index in [1.807, 2.05) is 12.1 Å². The fourth-order valence-electron chi connectivity index (χ4n) is 1.92. The topological polar surface area (TPSA) is 29.5 Å². The minimum Gasteiger partial charge on any atom is -0.487 e. The van der Waals surface area contributed by atoms with Gasteiger partial charge in [-0.25, -0.2) is 0 Å². The van der Waals surface area contributed by atoms with Crippen molar-refractivity contribution in [1.82, 2.24) is 0 Å². The molecule has 0 fully saturated rings. The first-order valence-corrected chi connectivity index (χ1v) is 7.19. The third-order valence-corrected chi connectivity index (χ3v) is 3.57. The summed E-state index contributed by atoms with van der Waals surface area (Å²) in [5.41, 5.74) is 2.93. The first-order valence-electron chi connectivity index (χ1n) is 6.43. The number of rotatable bonds is 5. The van der Waals surface area contributed by atoms with Crippen LogP contribution in [0.15, 0.2) is 36.4 Å². The quantitative estimate of drug-likeness (QED) is 0.872. The SMILES string of the molecule is CCc1ccc(COc2c(Cl)cc(Cl)cc2CO)cc1. The van der Waals surface area contributed by atoms with Gasteiger partial charge < -0.3 is 9.84 Å². The number of benzene rings is 2. The number of aliphatic hydroxyl groups excluding tert-OH is 1. The minimum absolute atomic E-state index is 0.162. The summed E-state index contributed by atoms with van der Waals surface area (Å²) < 4.78 is 5.72. The highest BCUT2D eigenvalue weighted by Crippen LogP contribution is 2.33. The van der Waals surface area contributed by atoms with Crippen LogP contribution < -0.4 is 4.74 Å². The van der Waals surface area contributed by atoms with Crippen molar-refractivity contribution in [3.63, 3.8) is 0 Å². The third kappa shape index (κ3) is 3.66. The zero-order chi connectivity index (χ0) is 14.5. The van der Waals surface area contributed by atoms with Gasteiger partial charge in [0.25, 0.3) is 0 Å². The molecule has 0 amide bonds. The zero-order valence-electron chi connectivity index (χ0n) is 11.2. The standard InChI is InChI=1S/C16H16Cl2O2/c1-2-11-3-5-12(6-4-11)10-20-16-13(9-19)7-14(17)8-15(16)18/h3-8,19H,2,9-10H2,1H3. The Morgan fingerprint density at radius 2 is 1.70 bits per heavy atom. The lowest BCUT2D eigenvalue weighted by Crippen LogP contribution is -2.00. The highest BCUT2D eigenvalue weighted by Gasteiger charge is 2.10. The molecule has 0 aromatic heterocycles. The maximum atomic E-state index is 9.34. The molecule has 2 nitrogen and oxygen atoms in total. The van der Waals surface area contributed by atoms with Crippen molar-refractivity contribution in [2.75, 3.05) is 0 Å². The van der Waals surface area contributed by atoms with Crippen molar-refractivity contribution < 1.29 is 9.84 Å². The number of hydrogen-bond donors (Lipinski definition) is 1. The van der Waals surface area contributed by atoms with Gasteiger partial charge in [0.05, 0.1) is 11.6 Å². The molecular weight excluding hydrogens is 295 g/mol. The van der Waals surface area contributed by atoms with Crippen LogP contribution in [0.2, 0.25) is 10.0 Å². The molecule has 2 aromatic rings. The van der Waals surface area contributed by atoms with E-state index in [-0.39, 0.29) is 6.61 Å². The van der Waals surface area contributed by atoms with Gasteiger partial charge in [-0.05, 0) is 29.7 Å². The molecule has 0 aliphatic carbocycles. The van der Waals surface area contributed by atoms with Gasteiger partial charge in [0, 0.05) is 10.6 Å². The Kier molecular flexibility index (Phi) is 5.30. The summed E-state index contributed by atoms with van der Waals surface area (Å²) in [4.78, 5) is 0. The van der Waals surface area contributed by atoms with E-state index < -0.39 is 0 Å². The Labute approximate surface area is 128 Å². The first kappa shape index (κ1) is 15.2. The van der Waals surface area contributed by atoms with Gasteiger partial charge in [0.15, 0.2) is 0 Å². The number of ether oxygens (including phenoxy) is 1. The monoisotopic (exact) mass is 310 g/mol. The maximum absolute atomic E-state index is 9.34. The number of hydrogen-bond acceptors (Lipinski definition) is 2. The molecule has 0 bridgehead atoms. The number of aryl methyl sites for hydroxylation is 1. The molecule has 0 aliphatic rings. The van der Waals surface area contributed by atoms with Crippen molar-refractivity contribution in [2.24, 2.45) is 0 Å². The van der Waals surface area contributed by atoms with Crippen molar-refractivity contribution >= 4 is 23.2 Å². The van der Waals surface area contributed by atoms with Crippen LogP contribution in [0, 0.1) is 0 Å². The number of aliphatic hydroxyl groups is 1. The van der Waals surface area contributed by atoms with E-state index in [4.69, 9.17) is 27.9 Å². The highest BCUT2D eigenvalue weighted by atomic mass is 35.5. The second-order valence-corrected chi connectivity index (χ2v) is 5.34. The molecule has 0 unspecified atom stereocenters. The maximum Gasteiger partial charge on any atom is 0.144 e. The second-order valence-electron chi connectivity index (χ2n) is 4.49. The first-order chi connectivity index (χ1) is 9.63.